The van der Waals surface area contributed by atoms with Crippen LogP contribution in [0.5, 0.6) is 0 Å². The van der Waals surface area contributed by atoms with Crippen molar-refractivity contribution in [3.05, 3.63) is 74.7 Å². The van der Waals surface area contributed by atoms with Crippen molar-refractivity contribution in [1.82, 2.24) is 9.36 Å². The van der Waals surface area contributed by atoms with Crippen LogP contribution in [0.15, 0.2) is 58.2 Å². The first-order chi connectivity index (χ1) is 16.0. The normalized spacial score (nSPS) is 11.2. The van der Waals surface area contributed by atoms with Crippen LogP contribution in [0.1, 0.15) is 5.69 Å². The number of carbonyl (C=O) groups is 1. The van der Waals surface area contributed by atoms with Crippen LogP contribution < -0.4 is 15.2 Å². The number of carbonyl (C=O) groups excluding carboxylic acids is 1. The average Bonchev–Trinajstić information content (AvgIpc) is 3.01. The zero-order chi connectivity index (χ0) is 25.2. The van der Waals surface area contributed by atoms with Crippen LogP contribution in [-0.4, -0.2) is 49.4 Å². The molecule has 180 valence electrons. The number of likely N-dealkylation sites (N-methyl/N-ethyl adjacent to an activating group) is 1. The molecule has 0 amide bonds. The highest BCUT2D eigenvalue weighted by molar-refractivity contribution is 7.92. The molecule has 0 saturated carbocycles. The van der Waals surface area contributed by atoms with Crippen molar-refractivity contribution < 1.29 is 22.9 Å². The summed E-state index contributed by atoms with van der Waals surface area (Å²) >= 11 is 0. The van der Waals surface area contributed by atoms with Crippen LogP contribution in [0, 0.1) is 17.0 Å². The number of ether oxygens (including phenoxy) is 1. The molecule has 0 fully saturated rings. The molecule has 3 rings (SSSR count). The fraction of sp³-hybridized carbons (Fsp3) is 0.238. The Morgan fingerprint density at radius 2 is 1.85 bits per heavy atom. The summed E-state index contributed by atoms with van der Waals surface area (Å²) in [7, 11) is -0.133. The minimum absolute atomic E-state index is 0.0247. The monoisotopic (exact) mass is 489 g/mol. The summed E-state index contributed by atoms with van der Waals surface area (Å²) in [6.45, 7) is 1.30. The second-order valence-electron chi connectivity index (χ2n) is 7.38. The number of nitro benzene ring substituents is 1. The summed E-state index contributed by atoms with van der Waals surface area (Å²) in [5, 5.41) is 11.6. The fourth-order valence-corrected chi connectivity index (χ4v) is 4.50. The minimum Gasteiger partial charge on any atom is -0.468 e. The van der Waals surface area contributed by atoms with Gasteiger partial charge in [-0.3, -0.25) is 29.1 Å². The maximum atomic E-state index is 13.1. The van der Waals surface area contributed by atoms with Gasteiger partial charge in [0.05, 0.1) is 28.3 Å². The number of sulfonamides is 1. The second kappa shape index (κ2) is 9.39. The molecule has 1 N–H and O–H groups in total. The largest absolute Gasteiger partial charge is 0.468 e. The molecule has 1 heterocycles. The average molecular weight is 490 g/mol. The van der Waals surface area contributed by atoms with E-state index in [0.29, 0.717) is 11.4 Å². The van der Waals surface area contributed by atoms with Gasteiger partial charge in [0.2, 0.25) is 0 Å². The highest BCUT2D eigenvalue weighted by Crippen LogP contribution is 2.31. The first kappa shape index (κ1) is 24.5. The number of aromatic nitrogens is 2. The molecular formula is C21H23N5O7S. The lowest BCUT2D eigenvalue weighted by molar-refractivity contribution is -0.384. The number of nitrogens with one attached hydrogen (secondary N) is 1. The number of nitrogens with zero attached hydrogens (tertiary/aromatic N) is 4. The van der Waals surface area contributed by atoms with Crippen LogP contribution in [-0.2, 0) is 26.6 Å². The smallest absolute Gasteiger partial charge is 0.325 e. The van der Waals surface area contributed by atoms with Gasteiger partial charge in [0.25, 0.3) is 21.3 Å². The highest BCUT2D eigenvalue weighted by Gasteiger charge is 2.27. The van der Waals surface area contributed by atoms with Gasteiger partial charge in [-0.05, 0) is 31.2 Å². The third-order valence-corrected chi connectivity index (χ3v) is 6.60. The van der Waals surface area contributed by atoms with Crippen molar-refractivity contribution in [1.29, 1.82) is 0 Å². The van der Waals surface area contributed by atoms with Crippen molar-refractivity contribution in [3.8, 4) is 5.69 Å². The van der Waals surface area contributed by atoms with E-state index >= 15 is 0 Å². The zero-order valence-corrected chi connectivity index (χ0v) is 19.7. The third kappa shape index (κ3) is 4.64. The van der Waals surface area contributed by atoms with E-state index < -0.39 is 37.1 Å². The van der Waals surface area contributed by atoms with Crippen molar-refractivity contribution >= 4 is 33.1 Å². The number of anilines is 2. The van der Waals surface area contributed by atoms with Gasteiger partial charge in [-0.15, -0.1) is 0 Å². The molecule has 0 spiro atoms. The number of para-hydroxylation sites is 1. The van der Waals surface area contributed by atoms with E-state index in [9.17, 15) is 28.1 Å². The Morgan fingerprint density at radius 3 is 2.44 bits per heavy atom. The maximum Gasteiger partial charge on any atom is 0.325 e. The molecule has 0 unspecified atom stereocenters. The van der Waals surface area contributed by atoms with Gasteiger partial charge < -0.3 is 9.64 Å². The SMILES string of the molecule is COC(=O)CN(C)c1ccc(S(=O)(=O)Nc2c(C)n(C)n(-c3ccccc3)c2=O)cc1[N+](=O)[O-]. The van der Waals surface area contributed by atoms with Crippen LogP contribution in [0.2, 0.25) is 0 Å². The van der Waals surface area contributed by atoms with Crippen molar-refractivity contribution in [2.75, 3.05) is 30.3 Å². The van der Waals surface area contributed by atoms with Crippen LogP contribution in [0.25, 0.3) is 5.69 Å². The molecule has 13 heteroatoms. The molecule has 0 saturated heterocycles. The Morgan fingerprint density at radius 1 is 1.21 bits per heavy atom. The Balaban J connectivity index is 2.02. The Kier molecular flexibility index (Phi) is 6.77. The highest BCUT2D eigenvalue weighted by atomic mass is 32.2. The van der Waals surface area contributed by atoms with Gasteiger partial charge in [0, 0.05) is 20.2 Å². The first-order valence-corrected chi connectivity index (χ1v) is 11.4. The molecule has 34 heavy (non-hydrogen) atoms. The van der Waals surface area contributed by atoms with Crippen LogP contribution >= 0.6 is 0 Å². The van der Waals surface area contributed by atoms with Crippen LogP contribution in [0.3, 0.4) is 0 Å². The number of rotatable bonds is 8. The maximum absolute atomic E-state index is 13.1. The minimum atomic E-state index is -4.36. The Hall–Kier alpha value is -4.13. The van der Waals surface area contributed by atoms with Gasteiger partial charge in [-0.2, -0.15) is 0 Å². The van der Waals surface area contributed by atoms with E-state index in [1.165, 1.54) is 34.5 Å². The molecule has 0 bridgehead atoms. The summed E-state index contributed by atoms with van der Waals surface area (Å²) in [6.07, 6.45) is 0. The van der Waals surface area contributed by atoms with Crippen LogP contribution in [0.4, 0.5) is 17.1 Å². The number of hydrogen-bond acceptors (Lipinski definition) is 8. The number of esters is 1. The lowest BCUT2D eigenvalue weighted by Crippen LogP contribution is -2.27. The third-order valence-electron chi connectivity index (χ3n) is 5.25. The zero-order valence-electron chi connectivity index (χ0n) is 18.9. The molecule has 0 aliphatic heterocycles. The Labute approximate surface area is 195 Å². The van der Waals surface area contributed by atoms with Gasteiger partial charge in [-0.25, -0.2) is 13.1 Å². The lowest BCUT2D eigenvalue weighted by atomic mass is 10.2. The number of nitro groups is 1. The van der Waals surface area contributed by atoms with Gasteiger partial charge in [-0.1, -0.05) is 18.2 Å². The number of methoxy groups -OCH3 is 1. The summed E-state index contributed by atoms with van der Waals surface area (Å²) < 4.78 is 35.8. The summed E-state index contributed by atoms with van der Waals surface area (Å²) in [4.78, 5) is 36.3. The van der Waals surface area contributed by atoms with E-state index in [0.717, 1.165) is 12.1 Å². The predicted octanol–water partition coefficient (Wildman–Crippen LogP) is 1.80. The molecule has 0 aliphatic rings. The Bertz CT molecular complexity index is 1410. The van der Waals surface area contributed by atoms with Gasteiger partial charge in [0.1, 0.15) is 17.9 Å². The lowest BCUT2D eigenvalue weighted by Gasteiger charge is -2.18. The summed E-state index contributed by atoms with van der Waals surface area (Å²) in [6, 6.07) is 11.9. The van der Waals surface area contributed by atoms with Crippen molar-refractivity contribution in [2.24, 2.45) is 7.05 Å². The van der Waals surface area contributed by atoms with E-state index in [-0.39, 0.29) is 17.9 Å². The first-order valence-electron chi connectivity index (χ1n) is 9.91. The number of benzene rings is 2. The molecular weight excluding hydrogens is 466 g/mol. The molecule has 3 aromatic rings. The van der Waals surface area contributed by atoms with E-state index in [1.54, 1.807) is 44.3 Å². The van der Waals surface area contributed by atoms with E-state index in [4.69, 9.17) is 0 Å². The molecule has 0 radical (unpaired) electrons. The molecule has 0 atom stereocenters. The summed E-state index contributed by atoms with van der Waals surface area (Å²) in [5.74, 6) is -0.621. The second-order valence-corrected chi connectivity index (χ2v) is 9.06. The molecule has 12 nitrogen and oxygen atoms in total. The molecule has 0 aliphatic carbocycles. The van der Waals surface area contributed by atoms with E-state index in [1.807, 2.05) is 0 Å². The predicted molar refractivity (Wildman–Crippen MR) is 125 cm³/mol. The topological polar surface area (TPSA) is 146 Å². The molecule has 2 aromatic carbocycles. The van der Waals surface area contributed by atoms with Gasteiger partial charge >= 0.3 is 5.97 Å². The van der Waals surface area contributed by atoms with Crippen molar-refractivity contribution in [2.45, 2.75) is 11.8 Å². The summed E-state index contributed by atoms with van der Waals surface area (Å²) in [5.41, 5.74) is -0.393. The number of hydrogen-bond donors (Lipinski definition) is 1. The van der Waals surface area contributed by atoms with Gasteiger partial charge in [0.15, 0.2) is 0 Å². The molecule has 1 aromatic heterocycles. The van der Waals surface area contributed by atoms with E-state index in [2.05, 4.69) is 9.46 Å². The quantitative estimate of drug-likeness (QED) is 0.286. The fourth-order valence-electron chi connectivity index (χ4n) is 3.36. The standard InChI is InChI=1S/C21H23N5O7S/c1-14-20(21(28)25(24(14)3)15-8-6-5-7-9-15)22-34(31,32)16-10-11-17(18(12-16)26(29)30)23(2)13-19(27)33-4/h5-12,22H,13H2,1-4H3. The van der Waals surface area contributed by atoms with Crippen molar-refractivity contribution in [3.63, 3.8) is 0 Å².